The van der Waals surface area contributed by atoms with Gasteiger partial charge in [0.1, 0.15) is 11.6 Å². The quantitative estimate of drug-likeness (QED) is 0.823. The summed E-state index contributed by atoms with van der Waals surface area (Å²) in [6.45, 7) is 4.98. The van der Waals surface area contributed by atoms with Crippen LogP contribution in [0.15, 0.2) is 42.5 Å². The molecule has 4 nitrogen and oxygen atoms in total. The zero-order valence-electron chi connectivity index (χ0n) is 15.4. The molecule has 26 heavy (non-hydrogen) atoms. The van der Waals surface area contributed by atoms with Crippen LogP contribution in [0, 0.1) is 12.7 Å². The molecule has 0 radical (unpaired) electrons. The van der Waals surface area contributed by atoms with Crippen LogP contribution >= 0.6 is 0 Å². The highest BCUT2D eigenvalue weighted by Gasteiger charge is 2.21. The van der Waals surface area contributed by atoms with Gasteiger partial charge >= 0.3 is 0 Å². The van der Waals surface area contributed by atoms with Crippen LogP contribution in [-0.4, -0.2) is 44.1 Å². The number of anilines is 1. The van der Waals surface area contributed by atoms with Gasteiger partial charge in [-0.2, -0.15) is 0 Å². The fraction of sp³-hybridized carbons (Fsp3) is 0.381. The molecule has 0 atom stereocenters. The molecule has 1 amide bonds. The third-order valence-electron chi connectivity index (χ3n) is 4.91. The summed E-state index contributed by atoms with van der Waals surface area (Å²) in [6, 6.07) is 12.6. The van der Waals surface area contributed by atoms with E-state index in [4.69, 9.17) is 4.74 Å². The highest BCUT2D eigenvalue weighted by molar-refractivity contribution is 5.76. The summed E-state index contributed by atoms with van der Waals surface area (Å²) in [5.74, 6) is 0.838. The number of benzene rings is 2. The molecule has 0 unspecified atom stereocenters. The van der Waals surface area contributed by atoms with E-state index in [1.807, 2.05) is 24.0 Å². The molecule has 138 valence electrons. The number of hydrogen-bond donors (Lipinski definition) is 0. The lowest BCUT2D eigenvalue weighted by molar-refractivity contribution is -0.131. The minimum Gasteiger partial charge on any atom is -0.496 e. The average Bonchev–Trinajstić information content (AvgIpc) is 2.67. The maximum absolute atomic E-state index is 13.0. The Balaban J connectivity index is 1.49. The number of methoxy groups -OCH3 is 1. The summed E-state index contributed by atoms with van der Waals surface area (Å²) >= 11 is 0. The zero-order chi connectivity index (χ0) is 18.5. The molecule has 2 aromatic carbocycles. The largest absolute Gasteiger partial charge is 0.496 e. The molecule has 2 aromatic rings. The SMILES string of the molecule is COc1ccc(CCC(=O)N2CCN(c3ccc(F)cc3)CC2)cc1C. The van der Waals surface area contributed by atoms with Gasteiger partial charge in [0.15, 0.2) is 0 Å². The van der Waals surface area contributed by atoms with Crippen LogP contribution < -0.4 is 9.64 Å². The van der Waals surface area contributed by atoms with Crippen LogP contribution in [0.2, 0.25) is 0 Å². The topological polar surface area (TPSA) is 32.8 Å². The Morgan fingerprint density at radius 1 is 1.08 bits per heavy atom. The van der Waals surface area contributed by atoms with Gasteiger partial charge in [-0.25, -0.2) is 4.39 Å². The second kappa shape index (κ2) is 8.21. The van der Waals surface area contributed by atoms with Crippen molar-refractivity contribution in [2.45, 2.75) is 19.8 Å². The Hall–Kier alpha value is -2.56. The van der Waals surface area contributed by atoms with Gasteiger partial charge in [0.05, 0.1) is 7.11 Å². The van der Waals surface area contributed by atoms with E-state index in [0.29, 0.717) is 19.5 Å². The lowest BCUT2D eigenvalue weighted by atomic mass is 10.1. The number of halogens is 1. The summed E-state index contributed by atoms with van der Waals surface area (Å²) in [5.41, 5.74) is 3.25. The van der Waals surface area contributed by atoms with Crippen molar-refractivity contribution in [1.82, 2.24) is 4.90 Å². The van der Waals surface area contributed by atoms with Gasteiger partial charge < -0.3 is 14.5 Å². The number of hydrogen-bond acceptors (Lipinski definition) is 3. The van der Waals surface area contributed by atoms with Gasteiger partial charge in [-0.1, -0.05) is 12.1 Å². The van der Waals surface area contributed by atoms with E-state index in [2.05, 4.69) is 11.0 Å². The molecular formula is C21H25FN2O2. The molecule has 1 aliphatic heterocycles. The van der Waals surface area contributed by atoms with E-state index >= 15 is 0 Å². The Bertz CT molecular complexity index is 753. The first-order valence-electron chi connectivity index (χ1n) is 8.98. The summed E-state index contributed by atoms with van der Waals surface area (Å²) < 4.78 is 18.3. The van der Waals surface area contributed by atoms with Crippen molar-refractivity contribution in [3.8, 4) is 5.75 Å². The predicted octanol–water partition coefficient (Wildman–Crippen LogP) is 3.42. The Morgan fingerprint density at radius 2 is 1.77 bits per heavy atom. The molecular weight excluding hydrogens is 331 g/mol. The summed E-state index contributed by atoms with van der Waals surface area (Å²) in [5, 5.41) is 0. The summed E-state index contributed by atoms with van der Waals surface area (Å²) in [6.07, 6.45) is 1.25. The normalized spacial score (nSPS) is 14.4. The lowest BCUT2D eigenvalue weighted by Gasteiger charge is -2.36. The van der Waals surface area contributed by atoms with E-state index in [9.17, 15) is 9.18 Å². The predicted molar refractivity (Wildman–Crippen MR) is 101 cm³/mol. The van der Waals surface area contributed by atoms with Crippen LogP contribution in [0.3, 0.4) is 0 Å². The molecule has 0 bridgehead atoms. The van der Waals surface area contributed by atoms with Crippen LogP contribution in [0.25, 0.3) is 0 Å². The van der Waals surface area contributed by atoms with Crippen molar-refractivity contribution in [3.63, 3.8) is 0 Å². The molecule has 0 spiro atoms. The first kappa shape index (κ1) is 18.2. The van der Waals surface area contributed by atoms with E-state index in [-0.39, 0.29) is 11.7 Å². The summed E-state index contributed by atoms with van der Waals surface area (Å²) in [7, 11) is 1.66. The lowest BCUT2D eigenvalue weighted by Crippen LogP contribution is -2.48. The number of piperazine rings is 1. The maximum atomic E-state index is 13.0. The van der Waals surface area contributed by atoms with Crippen LogP contribution in [0.4, 0.5) is 10.1 Å². The van der Waals surface area contributed by atoms with E-state index in [1.54, 1.807) is 19.2 Å². The van der Waals surface area contributed by atoms with E-state index < -0.39 is 0 Å². The number of rotatable bonds is 5. The monoisotopic (exact) mass is 356 g/mol. The second-order valence-electron chi connectivity index (χ2n) is 6.65. The van der Waals surface area contributed by atoms with Gasteiger partial charge in [0, 0.05) is 38.3 Å². The minimum absolute atomic E-state index is 0.192. The van der Waals surface area contributed by atoms with Crippen LogP contribution in [-0.2, 0) is 11.2 Å². The second-order valence-corrected chi connectivity index (χ2v) is 6.65. The van der Waals surface area contributed by atoms with Gasteiger partial charge in [0.2, 0.25) is 5.91 Å². The fourth-order valence-corrected chi connectivity index (χ4v) is 3.37. The molecule has 1 heterocycles. The third-order valence-corrected chi connectivity index (χ3v) is 4.91. The van der Waals surface area contributed by atoms with Crippen molar-refractivity contribution < 1.29 is 13.9 Å². The van der Waals surface area contributed by atoms with Crippen molar-refractivity contribution in [3.05, 3.63) is 59.4 Å². The van der Waals surface area contributed by atoms with E-state index in [0.717, 1.165) is 42.1 Å². The Morgan fingerprint density at radius 3 is 2.38 bits per heavy atom. The number of carbonyl (C=O) groups excluding carboxylic acids is 1. The van der Waals surface area contributed by atoms with Crippen molar-refractivity contribution >= 4 is 11.6 Å². The number of nitrogens with zero attached hydrogens (tertiary/aromatic N) is 2. The molecule has 5 heteroatoms. The van der Waals surface area contributed by atoms with Crippen molar-refractivity contribution in [2.75, 3.05) is 38.2 Å². The standard InChI is InChI=1S/C21H25FN2O2/c1-16-15-17(3-9-20(16)26-2)4-10-21(25)24-13-11-23(12-14-24)19-7-5-18(22)6-8-19/h3,5-9,15H,4,10-14H2,1-2H3. The highest BCUT2D eigenvalue weighted by atomic mass is 19.1. The van der Waals surface area contributed by atoms with Gasteiger partial charge in [-0.05, 0) is 54.8 Å². The first-order chi connectivity index (χ1) is 12.6. The molecule has 0 aromatic heterocycles. The third kappa shape index (κ3) is 4.34. The van der Waals surface area contributed by atoms with Crippen LogP contribution in [0.1, 0.15) is 17.5 Å². The Kier molecular flexibility index (Phi) is 5.76. The average molecular weight is 356 g/mol. The number of carbonyl (C=O) groups is 1. The van der Waals surface area contributed by atoms with E-state index in [1.165, 1.54) is 12.1 Å². The maximum Gasteiger partial charge on any atom is 0.223 e. The Labute approximate surface area is 154 Å². The van der Waals surface area contributed by atoms with Gasteiger partial charge in [-0.3, -0.25) is 4.79 Å². The van der Waals surface area contributed by atoms with Crippen molar-refractivity contribution in [1.29, 1.82) is 0 Å². The molecule has 3 rings (SSSR count). The number of aryl methyl sites for hydroxylation is 2. The molecule has 1 fully saturated rings. The minimum atomic E-state index is -0.226. The molecule has 1 aliphatic rings. The zero-order valence-corrected chi connectivity index (χ0v) is 15.4. The fourth-order valence-electron chi connectivity index (χ4n) is 3.37. The number of ether oxygens (including phenoxy) is 1. The molecule has 0 aliphatic carbocycles. The first-order valence-corrected chi connectivity index (χ1v) is 8.98. The number of amides is 1. The van der Waals surface area contributed by atoms with Crippen LogP contribution in [0.5, 0.6) is 5.75 Å². The smallest absolute Gasteiger partial charge is 0.223 e. The van der Waals surface area contributed by atoms with Crippen molar-refractivity contribution in [2.24, 2.45) is 0 Å². The molecule has 1 saturated heterocycles. The molecule has 0 saturated carbocycles. The molecule has 0 N–H and O–H groups in total. The highest BCUT2D eigenvalue weighted by Crippen LogP contribution is 2.20. The summed E-state index contributed by atoms with van der Waals surface area (Å²) in [4.78, 5) is 16.6. The van der Waals surface area contributed by atoms with Gasteiger partial charge in [-0.15, -0.1) is 0 Å². The van der Waals surface area contributed by atoms with Gasteiger partial charge in [0.25, 0.3) is 0 Å².